The molecule has 0 spiro atoms. The Morgan fingerprint density at radius 2 is 1.44 bits per heavy atom. The Morgan fingerprint density at radius 1 is 0.720 bits per heavy atom. The van der Waals surface area contributed by atoms with Crippen LogP contribution >= 0.6 is 0 Å². The third kappa shape index (κ3) is 2.52. The van der Waals surface area contributed by atoms with Gasteiger partial charge in [-0.25, -0.2) is 4.52 Å². The van der Waals surface area contributed by atoms with E-state index in [0.29, 0.717) is 0 Å². The number of nitrogens with zero attached hydrogens (tertiary/aromatic N) is 2. The minimum Gasteiger partial charge on any atom is -0.232 e. The van der Waals surface area contributed by atoms with E-state index in [-0.39, 0.29) is 10.8 Å². The van der Waals surface area contributed by atoms with Crippen molar-refractivity contribution in [3.63, 3.8) is 0 Å². The Bertz CT molecular complexity index is 1100. The highest BCUT2D eigenvalue weighted by molar-refractivity contribution is 5.99. The number of fused-ring (bicyclic) bond motifs is 5. The minimum atomic E-state index is 0.0713. The zero-order chi connectivity index (χ0) is 18.0. The van der Waals surface area contributed by atoms with Crippen LogP contribution in [0.1, 0.15) is 52.7 Å². The van der Waals surface area contributed by atoms with Crippen molar-refractivity contribution in [2.24, 2.45) is 0 Å². The highest BCUT2D eigenvalue weighted by atomic mass is 15.2. The number of hydrogen-bond donors (Lipinski definition) is 0. The van der Waals surface area contributed by atoms with Gasteiger partial charge >= 0.3 is 0 Å². The van der Waals surface area contributed by atoms with Gasteiger partial charge in [-0.15, -0.1) is 0 Å². The summed E-state index contributed by atoms with van der Waals surface area (Å²) in [5.74, 6) is 0. The van der Waals surface area contributed by atoms with E-state index < -0.39 is 0 Å². The van der Waals surface area contributed by atoms with E-state index in [9.17, 15) is 0 Å². The van der Waals surface area contributed by atoms with Crippen LogP contribution in [0.2, 0.25) is 0 Å². The third-order valence-electron chi connectivity index (χ3n) is 5.09. The molecule has 0 saturated heterocycles. The Morgan fingerprint density at radius 3 is 2.12 bits per heavy atom. The molecular formula is C23H26N2. The summed E-state index contributed by atoms with van der Waals surface area (Å²) in [5.41, 5.74) is 6.38. The molecule has 2 aromatic carbocycles. The summed E-state index contributed by atoms with van der Waals surface area (Å²) in [6, 6.07) is 17.6. The molecule has 25 heavy (non-hydrogen) atoms. The summed E-state index contributed by atoms with van der Waals surface area (Å²) < 4.78 is 2.11. The summed E-state index contributed by atoms with van der Waals surface area (Å²) in [6.45, 7) is 13.7. The van der Waals surface area contributed by atoms with Gasteiger partial charge < -0.3 is 0 Å². The van der Waals surface area contributed by atoms with Gasteiger partial charge in [0.1, 0.15) is 0 Å². The SMILES string of the molecule is CC(C)(C)c1ccc2c(c1)c(C(C)(C)C)cc1c3ccccc3nn21. The number of benzene rings is 2. The van der Waals surface area contributed by atoms with Crippen LogP contribution in [0.4, 0.5) is 0 Å². The molecule has 2 aromatic heterocycles. The van der Waals surface area contributed by atoms with Crippen molar-refractivity contribution in [1.29, 1.82) is 0 Å². The maximum absolute atomic E-state index is 4.88. The molecule has 0 amide bonds. The standard InChI is InChI=1S/C23H26N2/c1-22(2,3)15-11-12-20-17(13-15)18(23(4,5)6)14-21-16-9-7-8-10-19(16)24-25(20)21/h7-14H,1-6H3. The molecule has 4 rings (SSSR count). The molecule has 0 saturated carbocycles. The fraction of sp³-hybridized carbons (Fsp3) is 0.348. The molecule has 2 nitrogen and oxygen atoms in total. The van der Waals surface area contributed by atoms with Crippen molar-refractivity contribution in [3.05, 3.63) is 59.7 Å². The lowest BCUT2D eigenvalue weighted by molar-refractivity contribution is 0.587. The first-order chi connectivity index (χ1) is 11.7. The lowest BCUT2D eigenvalue weighted by Gasteiger charge is -2.25. The lowest BCUT2D eigenvalue weighted by Crippen LogP contribution is -2.15. The van der Waals surface area contributed by atoms with E-state index >= 15 is 0 Å². The van der Waals surface area contributed by atoms with Crippen molar-refractivity contribution in [2.75, 3.05) is 0 Å². The normalized spacial score (nSPS) is 13.2. The molecule has 0 N–H and O–H groups in total. The zero-order valence-corrected chi connectivity index (χ0v) is 16.0. The van der Waals surface area contributed by atoms with Crippen molar-refractivity contribution in [2.45, 2.75) is 52.4 Å². The number of rotatable bonds is 0. The van der Waals surface area contributed by atoms with Crippen LogP contribution in [0.3, 0.4) is 0 Å². The summed E-state index contributed by atoms with van der Waals surface area (Å²) in [6.07, 6.45) is 0. The van der Waals surface area contributed by atoms with Crippen molar-refractivity contribution in [1.82, 2.24) is 9.61 Å². The summed E-state index contributed by atoms with van der Waals surface area (Å²) in [4.78, 5) is 0. The van der Waals surface area contributed by atoms with Crippen LogP contribution in [-0.2, 0) is 10.8 Å². The molecule has 0 aliphatic heterocycles. The fourth-order valence-corrected chi connectivity index (χ4v) is 3.61. The second kappa shape index (κ2) is 5.08. The van der Waals surface area contributed by atoms with E-state index in [1.54, 1.807) is 0 Å². The van der Waals surface area contributed by atoms with E-state index in [4.69, 9.17) is 5.10 Å². The maximum Gasteiger partial charge on any atom is 0.0934 e. The molecule has 2 heterocycles. The Kier molecular flexibility index (Phi) is 3.28. The molecule has 0 aliphatic rings. The van der Waals surface area contributed by atoms with Gasteiger partial charge in [-0.05, 0) is 46.2 Å². The predicted molar refractivity (Wildman–Crippen MR) is 108 cm³/mol. The molecule has 0 radical (unpaired) electrons. The monoisotopic (exact) mass is 330 g/mol. The third-order valence-corrected chi connectivity index (χ3v) is 5.09. The van der Waals surface area contributed by atoms with Crippen LogP contribution in [0, 0.1) is 0 Å². The van der Waals surface area contributed by atoms with Gasteiger partial charge in [0.15, 0.2) is 0 Å². The molecule has 0 atom stereocenters. The van der Waals surface area contributed by atoms with Crippen LogP contribution in [0.5, 0.6) is 0 Å². The van der Waals surface area contributed by atoms with Crippen LogP contribution in [0.25, 0.3) is 27.3 Å². The first-order valence-electron chi connectivity index (χ1n) is 9.01. The van der Waals surface area contributed by atoms with E-state index in [2.05, 4.69) is 94.6 Å². The lowest BCUT2D eigenvalue weighted by atomic mass is 9.81. The van der Waals surface area contributed by atoms with Gasteiger partial charge in [0, 0.05) is 10.8 Å². The number of pyridine rings is 1. The summed E-state index contributed by atoms with van der Waals surface area (Å²) >= 11 is 0. The van der Waals surface area contributed by atoms with Gasteiger partial charge in [-0.3, -0.25) is 0 Å². The average molecular weight is 330 g/mol. The second-order valence-corrected chi connectivity index (χ2v) is 9.10. The van der Waals surface area contributed by atoms with Gasteiger partial charge in [-0.2, -0.15) is 5.10 Å². The molecule has 2 heteroatoms. The topological polar surface area (TPSA) is 17.3 Å². The number of aromatic nitrogens is 2. The largest absolute Gasteiger partial charge is 0.232 e. The summed E-state index contributed by atoms with van der Waals surface area (Å²) in [7, 11) is 0. The summed E-state index contributed by atoms with van der Waals surface area (Å²) in [5, 5.41) is 7.40. The van der Waals surface area contributed by atoms with Crippen LogP contribution in [0.15, 0.2) is 48.5 Å². The molecular weight excluding hydrogens is 304 g/mol. The Labute approximate surface area is 149 Å². The minimum absolute atomic E-state index is 0.0713. The quantitative estimate of drug-likeness (QED) is 0.373. The molecule has 0 aliphatic carbocycles. The van der Waals surface area contributed by atoms with Crippen LogP contribution < -0.4 is 0 Å². The molecule has 128 valence electrons. The zero-order valence-electron chi connectivity index (χ0n) is 16.0. The molecule has 0 bridgehead atoms. The molecule has 0 fully saturated rings. The first kappa shape index (κ1) is 16.1. The van der Waals surface area contributed by atoms with E-state index in [0.717, 1.165) is 5.52 Å². The maximum atomic E-state index is 4.88. The fourth-order valence-electron chi connectivity index (χ4n) is 3.61. The van der Waals surface area contributed by atoms with Crippen molar-refractivity contribution in [3.8, 4) is 0 Å². The van der Waals surface area contributed by atoms with Gasteiger partial charge in [-0.1, -0.05) is 65.8 Å². The van der Waals surface area contributed by atoms with Gasteiger partial charge in [0.2, 0.25) is 0 Å². The predicted octanol–water partition coefficient (Wildman–Crippen LogP) is 6.24. The molecule has 4 aromatic rings. The van der Waals surface area contributed by atoms with Gasteiger partial charge in [0.05, 0.1) is 16.6 Å². The Balaban J connectivity index is 2.21. The Hall–Kier alpha value is -2.35. The van der Waals surface area contributed by atoms with Gasteiger partial charge in [0.25, 0.3) is 0 Å². The smallest absolute Gasteiger partial charge is 0.0934 e. The molecule has 0 unspecified atom stereocenters. The first-order valence-corrected chi connectivity index (χ1v) is 9.01. The van der Waals surface area contributed by atoms with Crippen LogP contribution in [-0.4, -0.2) is 9.61 Å². The second-order valence-electron chi connectivity index (χ2n) is 9.10. The number of hydrogen-bond acceptors (Lipinski definition) is 1. The van der Waals surface area contributed by atoms with E-state index in [1.165, 1.54) is 32.9 Å². The highest BCUT2D eigenvalue weighted by Crippen LogP contribution is 2.36. The van der Waals surface area contributed by atoms with E-state index in [1.807, 2.05) is 0 Å². The van der Waals surface area contributed by atoms with Crippen molar-refractivity contribution < 1.29 is 0 Å². The van der Waals surface area contributed by atoms with Crippen molar-refractivity contribution >= 4 is 27.3 Å². The highest BCUT2D eigenvalue weighted by Gasteiger charge is 2.22. The average Bonchev–Trinajstić information content (AvgIpc) is 2.90.